The van der Waals surface area contributed by atoms with Crippen LogP contribution >= 0.6 is 11.3 Å². The van der Waals surface area contributed by atoms with Gasteiger partial charge in [-0.3, -0.25) is 9.59 Å². The Balaban J connectivity index is 1.68. The monoisotopic (exact) mass is 317 g/mol. The highest BCUT2D eigenvalue weighted by atomic mass is 32.1. The predicted octanol–water partition coefficient (Wildman–Crippen LogP) is 2.14. The zero-order chi connectivity index (χ0) is 15.5. The van der Waals surface area contributed by atoms with E-state index < -0.39 is 0 Å². The Morgan fingerprint density at radius 2 is 2.18 bits per heavy atom. The van der Waals surface area contributed by atoms with Crippen molar-refractivity contribution in [2.75, 3.05) is 23.9 Å². The summed E-state index contributed by atoms with van der Waals surface area (Å²) in [4.78, 5) is 30.0. The van der Waals surface area contributed by atoms with Crippen molar-refractivity contribution in [2.24, 2.45) is 5.92 Å². The molecule has 0 saturated carbocycles. The van der Waals surface area contributed by atoms with E-state index in [2.05, 4.69) is 10.3 Å². The molecule has 6 nitrogen and oxygen atoms in total. The summed E-state index contributed by atoms with van der Waals surface area (Å²) < 4.78 is 5.10. The van der Waals surface area contributed by atoms with Gasteiger partial charge < -0.3 is 15.0 Å². The number of hydrogen-bond donors (Lipinski definition) is 1. The molecule has 3 rings (SSSR count). The summed E-state index contributed by atoms with van der Waals surface area (Å²) in [5.74, 6) is 0.149. The van der Waals surface area contributed by atoms with Gasteiger partial charge in [-0.15, -0.1) is 11.3 Å². The van der Waals surface area contributed by atoms with Crippen LogP contribution in [-0.4, -0.2) is 30.5 Å². The molecule has 1 aliphatic rings. The van der Waals surface area contributed by atoms with Gasteiger partial charge in [0.2, 0.25) is 11.8 Å². The van der Waals surface area contributed by atoms with Crippen LogP contribution in [-0.2, 0) is 9.59 Å². The second-order valence-corrected chi connectivity index (χ2v) is 5.82. The van der Waals surface area contributed by atoms with Gasteiger partial charge in [-0.2, -0.15) is 0 Å². The van der Waals surface area contributed by atoms with E-state index in [-0.39, 0.29) is 24.2 Å². The molecule has 1 aromatic heterocycles. The average molecular weight is 317 g/mol. The van der Waals surface area contributed by atoms with E-state index in [9.17, 15) is 9.59 Å². The van der Waals surface area contributed by atoms with Crippen LogP contribution in [0.1, 0.15) is 6.42 Å². The van der Waals surface area contributed by atoms with E-state index in [1.165, 1.54) is 11.3 Å². The molecule has 1 fully saturated rings. The fraction of sp³-hybridized carbons (Fsp3) is 0.267. The molecule has 1 aromatic carbocycles. The van der Waals surface area contributed by atoms with Crippen molar-refractivity contribution >= 4 is 34.0 Å². The second-order valence-electron chi connectivity index (χ2n) is 4.93. The van der Waals surface area contributed by atoms with Gasteiger partial charge in [-0.25, -0.2) is 4.98 Å². The number of hydrogen-bond acceptors (Lipinski definition) is 5. The summed E-state index contributed by atoms with van der Waals surface area (Å²) in [6, 6.07) is 7.23. The molecular formula is C15H15N3O3S. The van der Waals surface area contributed by atoms with Gasteiger partial charge in [0.05, 0.1) is 13.0 Å². The van der Waals surface area contributed by atoms with E-state index in [0.717, 1.165) is 11.4 Å². The number of methoxy groups -OCH3 is 1. The standard InChI is InChI=1S/C15H15N3O3S/c1-21-12-4-2-11(3-5-12)18-9-10(8-13(18)19)14(20)17-15-16-6-7-22-15/h2-7,10H,8-9H2,1H3,(H,16,17,20)/t10-/m1/s1. The summed E-state index contributed by atoms with van der Waals surface area (Å²) in [6.45, 7) is 0.377. The summed E-state index contributed by atoms with van der Waals surface area (Å²) in [6.07, 6.45) is 1.84. The first-order chi connectivity index (χ1) is 10.7. The lowest BCUT2D eigenvalue weighted by molar-refractivity contribution is -0.122. The molecule has 2 heterocycles. The minimum absolute atomic E-state index is 0.0514. The first-order valence-electron chi connectivity index (χ1n) is 6.82. The number of nitrogens with one attached hydrogen (secondary N) is 1. The molecule has 1 saturated heterocycles. The number of carbonyl (C=O) groups is 2. The van der Waals surface area contributed by atoms with E-state index in [1.54, 1.807) is 35.7 Å². The molecular weight excluding hydrogens is 302 g/mol. The van der Waals surface area contributed by atoms with Crippen molar-refractivity contribution in [2.45, 2.75) is 6.42 Å². The van der Waals surface area contributed by atoms with Crippen LogP contribution in [0, 0.1) is 5.92 Å². The lowest BCUT2D eigenvalue weighted by Crippen LogP contribution is -2.28. The second kappa shape index (κ2) is 6.15. The van der Waals surface area contributed by atoms with Crippen molar-refractivity contribution in [3.05, 3.63) is 35.8 Å². The minimum Gasteiger partial charge on any atom is -0.497 e. The van der Waals surface area contributed by atoms with Gasteiger partial charge in [-0.05, 0) is 24.3 Å². The SMILES string of the molecule is COc1ccc(N2C[C@H](C(=O)Nc3nccs3)CC2=O)cc1. The van der Waals surface area contributed by atoms with E-state index in [4.69, 9.17) is 4.74 Å². The molecule has 0 bridgehead atoms. The quantitative estimate of drug-likeness (QED) is 0.938. The third kappa shape index (κ3) is 2.94. The summed E-state index contributed by atoms with van der Waals surface area (Å²) in [5, 5.41) is 5.09. The van der Waals surface area contributed by atoms with Crippen LogP contribution in [0.3, 0.4) is 0 Å². The van der Waals surface area contributed by atoms with E-state index in [0.29, 0.717) is 11.7 Å². The van der Waals surface area contributed by atoms with Gasteiger partial charge in [0.1, 0.15) is 5.75 Å². The van der Waals surface area contributed by atoms with Crippen molar-refractivity contribution in [3.8, 4) is 5.75 Å². The summed E-state index contributed by atoms with van der Waals surface area (Å²) in [5.41, 5.74) is 0.773. The Bertz CT molecular complexity index is 670. The summed E-state index contributed by atoms with van der Waals surface area (Å²) in [7, 11) is 1.59. The molecule has 0 radical (unpaired) electrons. The van der Waals surface area contributed by atoms with Gasteiger partial charge in [-0.1, -0.05) is 0 Å². The highest BCUT2D eigenvalue weighted by molar-refractivity contribution is 7.13. The van der Waals surface area contributed by atoms with E-state index in [1.807, 2.05) is 12.1 Å². The molecule has 1 atom stereocenters. The Kier molecular flexibility index (Phi) is 4.06. The maximum Gasteiger partial charge on any atom is 0.231 e. The zero-order valence-electron chi connectivity index (χ0n) is 12.0. The molecule has 1 aliphatic heterocycles. The minimum atomic E-state index is -0.362. The number of nitrogens with zero attached hydrogens (tertiary/aromatic N) is 2. The van der Waals surface area contributed by atoms with Crippen LogP contribution in [0.2, 0.25) is 0 Å². The molecule has 7 heteroatoms. The lowest BCUT2D eigenvalue weighted by Gasteiger charge is -2.16. The van der Waals surface area contributed by atoms with Crippen molar-refractivity contribution < 1.29 is 14.3 Å². The third-order valence-electron chi connectivity index (χ3n) is 3.54. The molecule has 2 aromatic rings. The van der Waals surface area contributed by atoms with Crippen LogP contribution in [0.25, 0.3) is 0 Å². The van der Waals surface area contributed by atoms with Crippen molar-refractivity contribution in [1.82, 2.24) is 4.98 Å². The van der Waals surface area contributed by atoms with Gasteiger partial charge >= 0.3 is 0 Å². The molecule has 1 N–H and O–H groups in total. The smallest absolute Gasteiger partial charge is 0.231 e. The molecule has 22 heavy (non-hydrogen) atoms. The number of benzene rings is 1. The number of carbonyl (C=O) groups excluding carboxylic acids is 2. The number of thiazole rings is 1. The highest BCUT2D eigenvalue weighted by Gasteiger charge is 2.35. The van der Waals surface area contributed by atoms with Crippen LogP contribution < -0.4 is 15.0 Å². The van der Waals surface area contributed by atoms with Gasteiger partial charge in [0.25, 0.3) is 0 Å². The maximum absolute atomic E-state index is 12.2. The number of anilines is 2. The van der Waals surface area contributed by atoms with Crippen molar-refractivity contribution in [3.63, 3.8) is 0 Å². The Hall–Kier alpha value is -2.41. The summed E-state index contributed by atoms with van der Waals surface area (Å²) >= 11 is 1.36. The number of ether oxygens (including phenoxy) is 1. The molecule has 2 amide bonds. The fourth-order valence-electron chi connectivity index (χ4n) is 2.39. The largest absolute Gasteiger partial charge is 0.497 e. The Labute approximate surface area is 131 Å². The van der Waals surface area contributed by atoms with Crippen LogP contribution in [0.4, 0.5) is 10.8 Å². The predicted molar refractivity (Wildman–Crippen MR) is 84.2 cm³/mol. The molecule has 114 valence electrons. The Morgan fingerprint density at radius 3 is 2.82 bits per heavy atom. The molecule has 0 unspecified atom stereocenters. The number of amides is 2. The van der Waals surface area contributed by atoms with Crippen LogP contribution in [0.15, 0.2) is 35.8 Å². The fourth-order valence-corrected chi connectivity index (χ4v) is 2.92. The number of aromatic nitrogens is 1. The maximum atomic E-state index is 12.2. The van der Waals surface area contributed by atoms with Gasteiger partial charge in [0, 0.05) is 30.2 Å². The first-order valence-corrected chi connectivity index (χ1v) is 7.70. The Morgan fingerprint density at radius 1 is 1.41 bits per heavy atom. The normalized spacial score (nSPS) is 17.6. The molecule has 0 aliphatic carbocycles. The average Bonchev–Trinajstić information content (AvgIpc) is 3.17. The lowest BCUT2D eigenvalue weighted by atomic mass is 10.1. The zero-order valence-corrected chi connectivity index (χ0v) is 12.8. The number of rotatable bonds is 4. The first kappa shape index (κ1) is 14.5. The van der Waals surface area contributed by atoms with Gasteiger partial charge in [0.15, 0.2) is 5.13 Å². The topological polar surface area (TPSA) is 71.5 Å². The molecule has 0 spiro atoms. The van der Waals surface area contributed by atoms with E-state index >= 15 is 0 Å². The highest BCUT2D eigenvalue weighted by Crippen LogP contribution is 2.27. The third-order valence-corrected chi connectivity index (χ3v) is 4.23. The van der Waals surface area contributed by atoms with Crippen molar-refractivity contribution in [1.29, 1.82) is 0 Å². The van der Waals surface area contributed by atoms with Crippen LogP contribution in [0.5, 0.6) is 5.75 Å².